The van der Waals surface area contributed by atoms with Gasteiger partial charge in [0.25, 0.3) is 10.0 Å². The highest BCUT2D eigenvalue weighted by molar-refractivity contribution is 7.90. The number of rotatable bonds is 3. The summed E-state index contributed by atoms with van der Waals surface area (Å²) in [5.41, 5.74) is 1.62. The lowest BCUT2D eigenvalue weighted by atomic mass is 10.2. The van der Waals surface area contributed by atoms with Crippen LogP contribution in [0.25, 0.3) is 16.7 Å². The van der Waals surface area contributed by atoms with Crippen LogP contribution in [0, 0.1) is 6.92 Å². The van der Waals surface area contributed by atoms with Crippen LogP contribution >= 0.6 is 0 Å². The van der Waals surface area contributed by atoms with Gasteiger partial charge in [0.15, 0.2) is 0 Å². The molecule has 6 heteroatoms. The third-order valence-electron chi connectivity index (χ3n) is 3.65. The fourth-order valence-electron chi connectivity index (χ4n) is 2.54. The average Bonchev–Trinajstić information content (AvgIpc) is 2.80. The molecule has 0 radical (unpaired) electrons. The van der Waals surface area contributed by atoms with E-state index in [4.69, 9.17) is 0 Å². The number of para-hydroxylation sites is 2. The second-order valence-corrected chi connectivity index (χ2v) is 7.21. The minimum Gasteiger partial charge on any atom is -0.264 e. The van der Waals surface area contributed by atoms with Crippen LogP contribution in [0.5, 0.6) is 0 Å². The van der Waals surface area contributed by atoms with Gasteiger partial charge in [0.2, 0.25) is 0 Å². The van der Waals surface area contributed by atoms with Gasteiger partial charge >= 0.3 is 5.69 Å². The van der Waals surface area contributed by atoms with E-state index in [9.17, 15) is 13.2 Å². The van der Waals surface area contributed by atoms with E-state index in [1.165, 1.54) is 16.7 Å². The summed E-state index contributed by atoms with van der Waals surface area (Å²) < 4.78 is 28.0. The molecule has 2 aromatic carbocycles. The number of aromatic nitrogens is 2. The van der Waals surface area contributed by atoms with Gasteiger partial charge in [0, 0.05) is 5.70 Å². The van der Waals surface area contributed by atoms with E-state index in [1.54, 1.807) is 43.3 Å². The molecule has 0 N–H and O–H groups in total. The summed E-state index contributed by atoms with van der Waals surface area (Å²) in [5, 5.41) is 0. The van der Waals surface area contributed by atoms with Crippen LogP contribution in [0.15, 0.2) is 64.8 Å². The van der Waals surface area contributed by atoms with Crippen molar-refractivity contribution < 1.29 is 8.42 Å². The lowest BCUT2D eigenvalue weighted by Crippen LogP contribution is -2.28. The molecule has 0 unspecified atom stereocenters. The van der Waals surface area contributed by atoms with Gasteiger partial charge in [-0.15, -0.1) is 0 Å². The summed E-state index contributed by atoms with van der Waals surface area (Å²) in [4.78, 5) is 12.8. The van der Waals surface area contributed by atoms with Gasteiger partial charge in [-0.1, -0.05) is 36.4 Å². The van der Waals surface area contributed by atoms with Crippen molar-refractivity contribution in [1.29, 1.82) is 0 Å². The van der Waals surface area contributed by atoms with Gasteiger partial charge in [-0.3, -0.25) is 4.57 Å². The fraction of sp³-hybridized carbons (Fsp3) is 0.118. The van der Waals surface area contributed by atoms with Gasteiger partial charge < -0.3 is 0 Å². The zero-order chi connectivity index (χ0) is 16.8. The minimum atomic E-state index is -3.98. The summed E-state index contributed by atoms with van der Waals surface area (Å²) >= 11 is 0. The molecule has 3 rings (SSSR count). The molecule has 0 bridgehead atoms. The first-order chi connectivity index (χ1) is 10.8. The first-order valence-electron chi connectivity index (χ1n) is 7.04. The summed E-state index contributed by atoms with van der Waals surface area (Å²) in [6, 6.07) is 13.2. The second-order valence-electron chi connectivity index (χ2n) is 5.42. The number of hydrogen-bond donors (Lipinski definition) is 0. The number of nitrogens with zero attached hydrogens (tertiary/aromatic N) is 2. The molecule has 0 atom stereocenters. The first-order valence-corrected chi connectivity index (χ1v) is 8.48. The van der Waals surface area contributed by atoms with Crippen molar-refractivity contribution in [2.24, 2.45) is 0 Å². The summed E-state index contributed by atoms with van der Waals surface area (Å²) in [6.07, 6.45) is 0. The maximum Gasteiger partial charge on any atom is 0.347 e. The lowest BCUT2D eigenvalue weighted by Gasteiger charge is -2.06. The molecule has 3 aromatic rings. The van der Waals surface area contributed by atoms with Crippen molar-refractivity contribution in [1.82, 2.24) is 8.54 Å². The smallest absolute Gasteiger partial charge is 0.264 e. The Morgan fingerprint density at radius 2 is 1.57 bits per heavy atom. The molecule has 0 spiro atoms. The third-order valence-corrected chi connectivity index (χ3v) is 5.35. The standard InChI is InChI=1S/C17H16N2O3S/c1-12(2)18-15-6-4-5-7-16(15)19(17(18)20)23(21,22)14-10-8-13(3)9-11-14/h4-11H,1H2,2-3H3. The van der Waals surface area contributed by atoms with Crippen LogP contribution in [0.3, 0.4) is 0 Å². The second kappa shape index (κ2) is 5.24. The van der Waals surface area contributed by atoms with E-state index < -0.39 is 15.7 Å². The molecule has 1 heterocycles. The Kier molecular flexibility index (Phi) is 3.49. The Hall–Kier alpha value is -2.60. The topological polar surface area (TPSA) is 61.1 Å². The van der Waals surface area contributed by atoms with Crippen LogP contribution in [0.2, 0.25) is 0 Å². The van der Waals surface area contributed by atoms with Crippen molar-refractivity contribution in [3.63, 3.8) is 0 Å². The molecule has 0 amide bonds. The van der Waals surface area contributed by atoms with E-state index in [2.05, 4.69) is 6.58 Å². The monoisotopic (exact) mass is 328 g/mol. The molecular weight excluding hydrogens is 312 g/mol. The third kappa shape index (κ3) is 2.31. The summed E-state index contributed by atoms with van der Waals surface area (Å²) in [6.45, 7) is 7.30. The Labute approximate surface area is 134 Å². The molecule has 23 heavy (non-hydrogen) atoms. The van der Waals surface area contributed by atoms with Crippen LogP contribution in [0.4, 0.5) is 0 Å². The van der Waals surface area contributed by atoms with Crippen molar-refractivity contribution in [2.45, 2.75) is 18.7 Å². The highest BCUT2D eigenvalue weighted by Gasteiger charge is 2.25. The highest BCUT2D eigenvalue weighted by Crippen LogP contribution is 2.21. The summed E-state index contributed by atoms with van der Waals surface area (Å²) in [5.74, 6) is 0. The quantitative estimate of drug-likeness (QED) is 0.743. The van der Waals surface area contributed by atoms with Crippen LogP contribution < -0.4 is 5.69 Å². The van der Waals surface area contributed by atoms with Crippen LogP contribution in [-0.4, -0.2) is 17.0 Å². The zero-order valence-electron chi connectivity index (χ0n) is 12.9. The number of allylic oxidation sites excluding steroid dienone is 1. The van der Waals surface area contributed by atoms with Crippen molar-refractivity contribution in [3.05, 3.63) is 71.2 Å². The Bertz CT molecular complexity index is 1070. The van der Waals surface area contributed by atoms with E-state index in [0.29, 0.717) is 16.7 Å². The normalized spacial score (nSPS) is 11.7. The van der Waals surface area contributed by atoms with E-state index >= 15 is 0 Å². The van der Waals surface area contributed by atoms with Gasteiger partial charge in [-0.25, -0.2) is 13.2 Å². The van der Waals surface area contributed by atoms with E-state index in [1.807, 2.05) is 6.92 Å². The number of hydrogen-bond acceptors (Lipinski definition) is 3. The number of imidazole rings is 1. The molecule has 1 aromatic heterocycles. The molecule has 0 fully saturated rings. The maximum absolute atomic E-state index is 12.9. The Morgan fingerprint density at radius 1 is 1.00 bits per heavy atom. The van der Waals surface area contributed by atoms with Crippen molar-refractivity contribution >= 4 is 26.8 Å². The Balaban J connectivity index is 2.41. The van der Waals surface area contributed by atoms with Gasteiger partial charge in [0.05, 0.1) is 15.9 Å². The molecule has 0 aliphatic rings. The molecule has 0 saturated heterocycles. The van der Waals surface area contributed by atoms with Crippen LogP contribution in [-0.2, 0) is 10.0 Å². The van der Waals surface area contributed by atoms with Gasteiger partial charge in [-0.2, -0.15) is 3.97 Å². The number of fused-ring (bicyclic) bond motifs is 1. The first kappa shape index (κ1) is 15.3. The molecule has 0 saturated carbocycles. The number of aryl methyl sites for hydroxylation is 1. The average molecular weight is 328 g/mol. The molecule has 118 valence electrons. The minimum absolute atomic E-state index is 0.0785. The van der Waals surface area contributed by atoms with Gasteiger partial charge in [-0.05, 0) is 38.1 Å². The van der Waals surface area contributed by atoms with Crippen LogP contribution in [0.1, 0.15) is 12.5 Å². The maximum atomic E-state index is 12.9. The van der Waals surface area contributed by atoms with Crippen molar-refractivity contribution in [3.8, 4) is 0 Å². The Morgan fingerprint density at radius 3 is 2.13 bits per heavy atom. The van der Waals surface area contributed by atoms with E-state index in [0.717, 1.165) is 9.54 Å². The predicted molar refractivity (Wildman–Crippen MR) is 91.0 cm³/mol. The zero-order valence-corrected chi connectivity index (χ0v) is 13.7. The lowest BCUT2D eigenvalue weighted by molar-refractivity contribution is 0.586. The molecule has 0 aliphatic heterocycles. The van der Waals surface area contributed by atoms with E-state index in [-0.39, 0.29) is 4.90 Å². The van der Waals surface area contributed by atoms with Crippen molar-refractivity contribution in [2.75, 3.05) is 0 Å². The number of benzene rings is 2. The fourth-order valence-corrected chi connectivity index (χ4v) is 3.93. The molecule has 5 nitrogen and oxygen atoms in total. The summed E-state index contributed by atoms with van der Waals surface area (Å²) in [7, 11) is -3.98. The predicted octanol–water partition coefficient (Wildman–Crippen LogP) is 2.84. The van der Waals surface area contributed by atoms with Gasteiger partial charge in [0.1, 0.15) is 0 Å². The highest BCUT2D eigenvalue weighted by atomic mass is 32.2. The largest absolute Gasteiger partial charge is 0.347 e. The SMILES string of the molecule is C=C(C)n1c(=O)n(S(=O)(=O)c2ccc(C)cc2)c2ccccc21. The molecular formula is C17H16N2O3S. The molecule has 0 aliphatic carbocycles.